The van der Waals surface area contributed by atoms with Crippen LogP contribution in [0.1, 0.15) is 17.2 Å². The van der Waals surface area contributed by atoms with E-state index in [1.807, 2.05) is 0 Å². The Kier molecular flexibility index (Phi) is 2.78. The van der Waals surface area contributed by atoms with Crippen molar-refractivity contribution < 1.29 is 9.50 Å². The average Bonchev–Trinajstić information content (AvgIpc) is 2.08. The zero-order valence-corrected chi connectivity index (χ0v) is 6.92. The smallest absolute Gasteiger partial charge is 0.126 e. The summed E-state index contributed by atoms with van der Waals surface area (Å²) in [7, 11) is 0. The van der Waals surface area contributed by atoms with Gasteiger partial charge in [-0.2, -0.15) is 0 Å². The van der Waals surface area contributed by atoms with E-state index < -0.39 is 6.10 Å². The van der Waals surface area contributed by atoms with Crippen molar-refractivity contribution >= 4 is 0 Å². The number of nitrogens with two attached hydrogens (primary N) is 1. The number of halogens is 1. The lowest BCUT2D eigenvalue weighted by molar-refractivity contribution is 0.185. The van der Waals surface area contributed by atoms with E-state index in [4.69, 9.17) is 5.73 Å². The standard InChI is InChI=1S/C9H12FNO/c1-6-7(9(12)5-11)3-2-4-8(6)10/h2-4,9,12H,5,11H2,1H3/t9-/m1/s1. The maximum Gasteiger partial charge on any atom is 0.126 e. The summed E-state index contributed by atoms with van der Waals surface area (Å²) in [4.78, 5) is 0. The fourth-order valence-electron chi connectivity index (χ4n) is 1.11. The first-order valence-electron chi connectivity index (χ1n) is 3.80. The Labute approximate surface area is 70.8 Å². The van der Waals surface area contributed by atoms with Gasteiger partial charge < -0.3 is 10.8 Å². The second-order valence-corrected chi connectivity index (χ2v) is 2.71. The van der Waals surface area contributed by atoms with Gasteiger partial charge in [-0.05, 0) is 24.1 Å². The summed E-state index contributed by atoms with van der Waals surface area (Å²) in [5, 5.41) is 9.34. The molecule has 0 aromatic heterocycles. The monoisotopic (exact) mass is 169 g/mol. The number of benzene rings is 1. The molecule has 0 saturated heterocycles. The van der Waals surface area contributed by atoms with Gasteiger partial charge >= 0.3 is 0 Å². The molecule has 0 heterocycles. The van der Waals surface area contributed by atoms with E-state index in [-0.39, 0.29) is 12.4 Å². The molecule has 0 amide bonds. The largest absolute Gasteiger partial charge is 0.387 e. The molecule has 3 N–H and O–H groups in total. The number of aliphatic hydroxyl groups excluding tert-OH is 1. The molecule has 0 bridgehead atoms. The predicted molar refractivity (Wildman–Crippen MR) is 45.2 cm³/mol. The van der Waals surface area contributed by atoms with E-state index >= 15 is 0 Å². The summed E-state index contributed by atoms with van der Waals surface area (Å²) in [5.74, 6) is -0.306. The van der Waals surface area contributed by atoms with Crippen molar-refractivity contribution in [1.82, 2.24) is 0 Å². The number of hydrogen-bond donors (Lipinski definition) is 2. The third-order valence-corrected chi connectivity index (χ3v) is 1.89. The van der Waals surface area contributed by atoms with Crippen molar-refractivity contribution in [1.29, 1.82) is 0 Å². The summed E-state index contributed by atoms with van der Waals surface area (Å²) < 4.78 is 12.9. The molecule has 66 valence electrons. The molecule has 1 atom stereocenters. The summed E-state index contributed by atoms with van der Waals surface area (Å²) in [6.07, 6.45) is -0.763. The van der Waals surface area contributed by atoms with Crippen LogP contribution < -0.4 is 5.73 Å². The fourth-order valence-corrected chi connectivity index (χ4v) is 1.11. The highest BCUT2D eigenvalue weighted by Crippen LogP contribution is 2.18. The Balaban J connectivity index is 3.07. The Morgan fingerprint density at radius 3 is 2.83 bits per heavy atom. The number of rotatable bonds is 2. The third kappa shape index (κ3) is 1.62. The molecule has 1 aromatic carbocycles. The Morgan fingerprint density at radius 1 is 1.58 bits per heavy atom. The van der Waals surface area contributed by atoms with Crippen LogP contribution in [-0.2, 0) is 0 Å². The van der Waals surface area contributed by atoms with Gasteiger partial charge in [0.25, 0.3) is 0 Å². The molecular weight excluding hydrogens is 157 g/mol. The predicted octanol–water partition coefficient (Wildman–Crippen LogP) is 1.13. The molecule has 0 fully saturated rings. The zero-order chi connectivity index (χ0) is 9.14. The second-order valence-electron chi connectivity index (χ2n) is 2.71. The molecule has 12 heavy (non-hydrogen) atoms. The topological polar surface area (TPSA) is 46.2 Å². The summed E-state index contributed by atoms with van der Waals surface area (Å²) in [6.45, 7) is 1.74. The minimum absolute atomic E-state index is 0.115. The van der Waals surface area contributed by atoms with Crippen LogP contribution in [0.5, 0.6) is 0 Å². The maximum absolute atomic E-state index is 12.9. The Hall–Kier alpha value is -0.930. The van der Waals surface area contributed by atoms with Crippen LogP contribution in [0, 0.1) is 12.7 Å². The molecule has 0 saturated carbocycles. The maximum atomic E-state index is 12.9. The van der Waals surface area contributed by atoms with Crippen molar-refractivity contribution in [3.8, 4) is 0 Å². The van der Waals surface area contributed by atoms with Gasteiger partial charge in [0, 0.05) is 6.54 Å². The van der Waals surface area contributed by atoms with E-state index in [1.165, 1.54) is 6.07 Å². The normalized spacial score (nSPS) is 13.0. The van der Waals surface area contributed by atoms with Gasteiger partial charge in [-0.1, -0.05) is 12.1 Å². The first kappa shape index (κ1) is 9.16. The van der Waals surface area contributed by atoms with Crippen molar-refractivity contribution in [3.63, 3.8) is 0 Å². The average molecular weight is 169 g/mol. The van der Waals surface area contributed by atoms with Gasteiger partial charge in [0.1, 0.15) is 5.82 Å². The van der Waals surface area contributed by atoms with Crippen LogP contribution in [0.25, 0.3) is 0 Å². The van der Waals surface area contributed by atoms with E-state index in [0.29, 0.717) is 11.1 Å². The minimum Gasteiger partial charge on any atom is -0.387 e. The molecule has 1 rings (SSSR count). The van der Waals surface area contributed by atoms with Crippen LogP contribution >= 0.6 is 0 Å². The summed E-state index contributed by atoms with van der Waals surface area (Å²) in [6, 6.07) is 4.61. The van der Waals surface area contributed by atoms with Gasteiger partial charge in [-0.15, -0.1) is 0 Å². The van der Waals surface area contributed by atoms with Crippen molar-refractivity contribution in [3.05, 3.63) is 35.1 Å². The molecule has 0 aliphatic heterocycles. The lowest BCUT2D eigenvalue weighted by Crippen LogP contribution is -2.13. The highest BCUT2D eigenvalue weighted by molar-refractivity contribution is 5.29. The zero-order valence-electron chi connectivity index (χ0n) is 6.92. The number of hydrogen-bond acceptors (Lipinski definition) is 2. The molecule has 0 radical (unpaired) electrons. The van der Waals surface area contributed by atoms with Crippen LogP contribution in [0.4, 0.5) is 4.39 Å². The van der Waals surface area contributed by atoms with E-state index in [9.17, 15) is 9.50 Å². The molecule has 0 unspecified atom stereocenters. The van der Waals surface area contributed by atoms with E-state index in [0.717, 1.165) is 0 Å². The van der Waals surface area contributed by atoms with Crippen LogP contribution in [0.15, 0.2) is 18.2 Å². The second kappa shape index (κ2) is 3.65. The van der Waals surface area contributed by atoms with E-state index in [2.05, 4.69) is 0 Å². The first-order chi connectivity index (χ1) is 5.66. The Bertz CT molecular complexity index is 275. The highest BCUT2D eigenvalue weighted by atomic mass is 19.1. The molecule has 0 aliphatic carbocycles. The van der Waals surface area contributed by atoms with Crippen molar-refractivity contribution in [2.24, 2.45) is 5.73 Å². The van der Waals surface area contributed by atoms with Crippen LogP contribution in [-0.4, -0.2) is 11.7 Å². The summed E-state index contributed by atoms with van der Waals surface area (Å²) >= 11 is 0. The molecular formula is C9H12FNO. The molecule has 2 nitrogen and oxygen atoms in total. The molecule has 1 aromatic rings. The van der Waals surface area contributed by atoms with Crippen molar-refractivity contribution in [2.45, 2.75) is 13.0 Å². The lowest BCUT2D eigenvalue weighted by atomic mass is 10.0. The first-order valence-corrected chi connectivity index (χ1v) is 3.80. The molecule has 0 spiro atoms. The van der Waals surface area contributed by atoms with Crippen LogP contribution in [0.3, 0.4) is 0 Å². The van der Waals surface area contributed by atoms with Gasteiger partial charge in [-0.25, -0.2) is 4.39 Å². The number of aliphatic hydroxyl groups is 1. The van der Waals surface area contributed by atoms with Gasteiger partial charge in [-0.3, -0.25) is 0 Å². The van der Waals surface area contributed by atoms with Gasteiger partial charge in [0.2, 0.25) is 0 Å². The SMILES string of the molecule is Cc1c(F)cccc1[C@H](O)CN. The quantitative estimate of drug-likeness (QED) is 0.697. The van der Waals surface area contributed by atoms with Crippen LogP contribution in [0.2, 0.25) is 0 Å². The van der Waals surface area contributed by atoms with Gasteiger partial charge in [0.15, 0.2) is 0 Å². The minimum atomic E-state index is -0.763. The third-order valence-electron chi connectivity index (χ3n) is 1.89. The fraction of sp³-hybridized carbons (Fsp3) is 0.333. The Morgan fingerprint density at radius 2 is 2.25 bits per heavy atom. The lowest BCUT2D eigenvalue weighted by Gasteiger charge is -2.11. The van der Waals surface area contributed by atoms with Crippen molar-refractivity contribution in [2.75, 3.05) is 6.54 Å². The van der Waals surface area contributed by atoms with E-state index in [1.54, 1.807) is 19.1 Å². The molecule has 0 aliphatic rings. The van der Waals surface area contributed by atoms with Gasteiger partial charge in [0.05, 0.1) is 6.10 Å². The molecule has 3 heteroatoms. The highest BCUT2D eigenvalue weighted by Gasteiger charge is 2.10. The summed E-state index contributed by atoms with van der Waals surface area (Å²) in [5.41, 5.74) is 6.29.